The smallest absolute Gasteiger partial charge is 0.410 e. The monoisotopic (exact) mass is 720 g/mol. The number of carbonyl (C=O) groups is 1. The molecule has 1 N–H and O–H groups in total. The number of piperidine rings is 2. The number of ether oxygens (including phenoxy) is 1. The van der Waals surface area contributed by atoms with Crippen molar-refractivity contribution in [1.29, 1.82) is 0 Å². The number of hydrogen-bond acceptors (Lipinski definition) is 7. The van der Waals surface area contributed by atoms with Gasteiger partial charge in [0, 0.05) is 62.0 Å². The lowest BCUT2D eigenvalue weighted by molar-refractivity contribution is 0.00164. The second-order valence-corrected chi connectivity index (χ2v) is 17.0. The summed E-state index contributed by atoms with van der Waals surface area (Å²) in [5, 5.41) is 12.3. The van der Waals surface area contributed by atoms with E-state index < -0.39 is 5.60 Å². The van der Waals surface area contributed by atoms with E-state index >= 15 is 0 Å². The number of nitrogens with one attached hydrogen (secondary N) is 1. The lowest BCUT2D eigenvalue weighted by Crippen LogP contribution is -2.53. The first kappa shape index (κ1) is 37.3. The molecule has 10 heteroatoms. The Balaban J connectivity index is 0.000000170. The minimum absolute atomic E-state index is 0.176. The molecule has 2 aromatic heterocycles. The molecule has 4 fully saturated rings. The van der Waals surface area contributed by atoms with Crippen molar-refractivity contribution in [2.75, 3.05) is 39.3 Å². The summed E-state index contributed by atoms with van der Waals surface area (Å²) in [5.41, 5.74) is 7.80. The molecule has 6 heterocycles. The average Bonchev–Trinajstić information content (AvgIpc) is 3.96. The van der Waals surface area contributed by atoms with Crippen molar-refractivity contribution < 1.29 is 9.53 Å². The van der Waals surface area contributed by atoms with Crippen molar-refractivity contribution in [3.8, 4) is 11.4 Å². The second-order valence-electron chi connectivity index (χ2n) is 17.0. The Bertz CT molecular complexity index is 1800. The Morgan fingerprint density at radius 3 is 1.64 bits per heavy atom. The fourth-order valence-corrected chi connectivity index (χ4v) is 9.35. The molecule has 4 aromatic rings. The van der Waals surface area contributed by atoms with Crippen molar-refractivity contribution >= 4 is 6.09 Å². The molecule has 8 rings (SSSR count). The van der Waals surface area contributed by atoms with Crippen LogP contribution in [0.2, 0.25) is 0 Å². The van der Waals surface area contributed by atoms with E-state index in [1.807, 2.05) is 72.0 Å². The van der Waals surface area contributed by atoms with Crippen LogP contribution in [-0.4, -0.2) is 96.3 Å². The summed E-state index contributed by atoms with van der Waals surface area (Å²) < 4.78 is 9.46. The molecule has 4 saturated heterocycles. The quantitative estimate of drug-likeness (QED) is 0.222. The Kier molecular flexibility index (Phi) is 11.1. The predicted molar refractivity (Wildman–Crippen MR) is 210 cm³/mol. The van der Waals surface area contributed by atoms with Gasteiger partial charge in [0.1, 0.15) is 5.60 Å². The van der Waals surface area contributed by atoms with Crippen molar-refractivity contribution in [1.82, 2.24) is 39.6 Å². The van der Waals surface area contributed by atoms with E-state index in [1.54, 1.807) is 0 Å². The summed E-state index contributed by atoms with van der Waals surface area (Å²) in [6.07, 6.45) is 17.3. The van der Waals surface area contributed by atoms with E-state index in [1.165, 1.54) is 86.1 Å². The van der Waals surface area contributed by atoms with Gasteiger partial charge in [0.2, 0.25) is 0 Å². The number of hydrogen-bond donors (Lipinski definition) is 1. The van der Waals surface area contributed by atoms with Gasteiger partial charge in [0.15, 0.2) is 0 Å². The Labute approximate surface area is 316 Å². The average molecular weight is 721 g/mol. The molecule has 4 aliphatic heterocycles. The van der Waals surface area contributed by atoms with E-state index in [4.69, 9.17) is 4.74 Å². The third-order valence-electron chi connectivity index (χ3n) is 11.9. The number of nitrogens with zero attached hydrogens (tertiary/aromatic N) is 7. The van der Waals surface area contributed by atoms with Gasteiger partial charge < -0.3 is 15.0 Å². The molecular formula is C43H60N8O2. The molecule has 0 bridgehead atoms. The van der Waals surface area contributed by atoms with Gasteiger partial charge in [-0.2, -0.15) is 10.2 Å². The normalized spacial score (nSPS) is 20.1. The highest BCUT2D eigenvalue weighted by Crippen LogP contribution is 2.40. The molecule has 1 amide bonds. The highest BCUT2D eigenvalue weighted by molar-refractivity contribution is 5.68. The second kappa shape index (κ2) is 15.8. The molecule has 2 aromatic carbocycles. The molecule has 284 valence electrons. The molecule has 4 aliphatic rings. The van der Waals surface area contributed by atoms with Crippen LogP contribution in [0.25, 0.3) is 11.4 Å². The SMILES string of the molecule is Cc1cc(CN2CCCC23CCN(C(=O)OC(C)(C)C)CC3)cc(-n2cccn2)c1.Cc1cc(CN2CCCC23CCNCC3)cc(-n2cccn2)c1. The standard InChI is InChI=1S/C24H34N4O2.C19H26N4/c1-19-15-20(17-21(16-19)28-12-6-10-25-28)18-27-11-5-7-24(27)8-13-26(14-9-24)22(29)30-23(2,3)4;1-16-12-17(14-18(13-16)23-11-3-7-21-23)15-22-10-2-4-19(22)5-8-20-9-6-19/h6,10,12,15-17H,5,7-9,11,13-14,18H2,1-4H3;3,7,11-14,20H,2,4-6,8-10,15H2,1H3. The van der Waals surface area contributed by atoms with Gasteiger partial charge in [0.05, 0.1) is 11.4 Å². The van der Waals surface area contributed by atoms with E-state index in [0.717, 1.165) is 51.3 Å². The first-order valence-electron chi connectivity index (χ1n) is 19.9. The van der Waals surface area contributed by atoms with E-state index in [-0.39, 0.29) is 11.6 Å². The third kappa shape index (κ3) is 8.88. The van der Waals surface area contributed by atoms with Crippen molar-refractivity contribution in [3.05, 3.63) is 95.6 Å². The van der Waals surface area contributed by atoms with Gasteiger partial charge in [0.25, 0.3) is 0 Å². The third-order valence-corrected chi connectivity index (χ3v) is 11.9. The summed E-state index contributed by atoms with van der Waals surface area (Å²) in [6.45, 7) is 18.4. The number of aryl methyl sites for hydroxylation is 2. The lowest BCUT2D eigenvalue weighted by atomic mass is 9.85. The van der Waals surface area contributed by atoms with Crippen LogP contribution in [0, 0.1) is 13.8 Å². The maximum Gasteiger partial charge on any atom is 0.410 e. The maximum absolute atomic E-state index is 12.5. The maximum atomic E-state index is 12.5. The molecule has 2 spiro atoms. The van der Waals surface area contributed by atoms with Crippen molar-refractivity contribution in [2.24, 2.45) is 0 Å². The number of likely N-dealkylation sites (tertiary alicyclic amines) is 3. The van der Waals surface area contributed by atoms with E-state index in [0.29, 0.717) is 5.54 Å². The Morgan fingerprint density at radius 2 is 1.19 bits per heavy atom. The highest BCUT2D eigenvalue weighted by atomic mass is 16.6. The van der Waals surface area contributed by atoms with Gasteiger partial charge in [-0.25, -0.2) is 14.2 Å². The Hall–Kier alpha value is -3.99. The largest absolute Gasteiger partial charge is 0.444 e. The van der Waals surface area contributed by atoms with Crippen LogP contribution in [0.5, 0.6) is 0 Å². The van der Waals surface area contributed by atoms with Crippen LogP contribution in [0.15, 0.2) is 73.3 Å². The van der Waals surface area contributed by atoms with Crippen molar-refractivity contribution in [2.45, 2.75) is 116 Å². The Morgan fingerprint density at radius 1 is 0.698 bits per heavy atom. The van der Waals surface area contributed by atoms with Gasteiger partial charge in [-0.1, -0.05) is 12.1 Å². The summed E-state index contributed by atoms with van der Waals surface area (Å²) in [4.78, 5) is 19.7. The number of carbonyl (C=O) groups excluding carboxylic acids is 1. The molecule has 0 saturated carbocycles. The predicted octanol–water partition coefficient (Wildman–Crippen LogP) is 7.44. The van der Waals surface area contributed by atoms with Crippen LogP contribution < -0.4 is 5.32 Å². The molecule has 0 aliphatic carbocycles. The zero-order chi connectivity index (χ0) is 37.1. The summed E-state index contributed by atoms with van der Waals surface area (Å²) >= 11 is 0. The number of amides is 1. The minimum atomic E-state index is -0.441. The molecule has 0 atom stereocenters. The van der Waals surface area contributed by atoms with Crippen LogP contribution in [0.4, 0.5) is 4.79 Å². The first-order chi connectivity index (χ1) is 25.5. The lowest BCUT2D eigenvalue weighted by Gasteiger charge is -2.45. The molecule has 53 heavy (non-hydrogen) atoms. The van der Waals surface area contributed by atoms with Gasteiger partial charge in [-0.3, -0.25) is 9.80 Å². The zero-order valence-corrected chi connectivity index (χ0v) is 32.7. The minimum Gasteiger partial charge on any atom is -0.444 e. The van der Waals surface area contributed by atoms with Gasteiger partial charge in [-0.15, -0.1) is 0 Å². The van der Waals surface area contributed by atoms with Crippen LogP contribution >= 0.6 is 0 Å². The topological polar surface area (TPSA) is 83.7 Å². The van der Waals surface area contributed by atoms with Crippen LogP contribution in [0.1, 0.15) is 94.4 Å². The number of benzene rings is 2. The molecule has 0 unspecified atom stereocenters. The number of rotatable bonds is 6. The highest BCUT2D eigenvalue weighted by Gasteiger charge is 2.44. The number of aromatic nitrogens is 4. The van der Waals surface area contributed by atoms with E-state index in [2.05, 4.69) is 75.6 Å². The van der Waals surface area contributed by atoms with Crippen LogP contribution in [-0.2, 0) is 17.8 Å². The summed E-state index contributed by atoms with van der Waals surface area (Å²) in [7, 11) is 0. The molecule has 10 nitrogen and oxygen atoms in total. The van der Waals surface area contributed by atoms with Crippen molar-refractivity contribution in [3.63, 3.8) is 0 Å². The van der Waals surface area contributed by atoms with Gasteiger partial charge in [-0.05, 0) is 171 Å². The van der Waals surface area contributed by atoms with E-state index in [9.17, 15) is 4.79 Å². The zero-order valence-electron chi connectivity index (χ0n) is 32.7. The van der Waals surface area contributed by atoms with Gasteiger partial charge >= 0.3 is 6.09 Å². The van der Waals surface area contributed by atoms with Crippen LogP contribution in [0.3, 0.4) is 0 Å². The molecular weight excluding hydrogens is 661 g/mol. The first-order valence-corrected chi connectivity index (χ1v) is 19.9. The summed E-state index contributed by atoms with van der Waals surface area (Å²) in [6, 6.07) is 17.5. The summed E-state index contributed by atoms with van der Waals surface area (Å²) in [5.74, 6) is 0. The fraction of sp³-hybridized carbons (Fsp3) is 0.558. The fourth-order valence-electron chi connectivity index (χ4n) is 9.35. The molecule has 0 radical (unpaired) electrons.